The first kappa shape index (κ1) is 14.4. The Balaban J connectivity index is 2.40. The molecule has 0 spiro atoms. The van der Waals surface area contributed by atoms with Crippen LogP contribution in [0.4, 0.5) is 0 Å². The Bertz CT molecular complexity index is 293. The Morgan fingerprint density at radius 1 is 1.29 bits per heavy atom. The van der Waals surface area contributed by atoms with Crippen molar-refractivity contribution >= 4 is 34.7 Å². The van der Waals surface area contributed by atoms with E-state index in [0.29, 0.717) is 0 Å². The van der Waals surface area contributed by atoms with E-state index in [4.69, 9.17) is 24.4 Å². The van der Waals surface area contributed by atoms with Gasteiger partial charge in [0.15, 0.2) is 10.2 Å². The van der Waals surface area contributed by atoms with Gasteiger partial charge in [0, 0.05) is 54.4 Å². The minimum Gasteiger partial charge on any atom is -0.355 e. The summed E-state index contributed by atoms with van der Waals surface area (Å²) in [4.78, 5) is 8.44. The standard InChI is InChI=1S/C11H22N4S2/c1-12(2)10(16)14(4)8-9-15-7-5-6-13(3)11(15)17/h5-9H2,1-4H3. The lowest BCUT2D eigenvalue weighted by atomic mass is 10.3. The van der Waals surface area contributed by atoms with Gasteiger partial charge in [-0.15, -0.1) is 0 Å². The van der Waals surface area contributed by atoms with E-state index in [9.17, 15) is 0 Å². The fourth-order valence-electron chi connectivity index (χ4n) is 1.85. The zero-order valence-corrected chi connectivity index (χ0v) is 12.8. The predicted octanol–water partition coefficient (Wildman–Crippen LogP) is 0.687. The molecule has 0 aromatic heterocycles. The maximum Gasteiger partial charge on any atom is 0.171 e. The summed E-state index contributed by atoms with van der Waals surface area (Å²) < 4.78 is 0. The quantitative estimate of drug-likeness (QED) is 0.697. The molecule has 0 aromatic carbocycles. The van der Waals surface area contributed by atoms with Crippen molar-refractivity contribution < 1.29 is 0 Å². The van der Waals surface area contributed by atoms with Crippen molar-refractivity contribution in [1.82, 2.24) is 19.6 Å². The molecule has 0 N–H and O–H groups in total. The van der Waals surface area contributed by atoms with E-state index >= 15 is 0 Å². The van der Waals surface area contributed by atoms with Gasteiger partial charge < -0.3 is 19.6 Å². The van der Waals surface area contributed by atoms with Gasteiger partial charge in [-0.1, -0.05) is 0 Å². The van der Waals surface area contributed by atoms with Gasteiger partial charge in [0.25, 0.3) is 0 Å². The van der Waals surface area contributed by atoms with Gasteiger partial charge in [0.05, 0.1) is 0 Å². The van der Waals surface area contributed by atoms with Gasteiger partial charge in [0.1, 0.15) is 0 Å². The minimum atomic E-state index is 0.862. The lowest BCUT2D eigenvalue weighted by Crippen LogP contribution is -2.50. The van der Waals surface area contributed by atoms with Crippen molar-refractivity contribution in [2.45, 2.75) is 6.42 Å². The second kappa shape index (κ2) is 6.35. The summed E-state index contributed by atoms with van der Waals surface area (Å²) in [5.41, 5.74) is 0. The largest absolute Gasteiger partial charge is 0.355 e. The molecule has 1 fully saturated rings. The highest BCUT2D eigenvalue weighted by atomic mass is 32.1. The summed E-state index contributed by atoms with van der Waals surface area (Å²) >= 11 is 10.7. The molecule has 98 valence electrons. The van der Waals surface area contributed by atoms with Crippen LogP contribution in [0.15, 0.2) is 0 Å². The van der Waals surface area contributed by atoms with Gasteiger partial charge in [-0.05, 0) is 30.9 Å². The van der Waals surface area contributed by atoms with Crippen LogP contribution in [0, 0.1) is 0 Å². The number of hydrogen-bond donors (Lipinski definition) is 0. The molecule has 6 heteroatoms. The highest BCUT2D eigenvalue weighted by Crippen LogP contribution is 2.07. The van der Waals surface area contributed by atoms with E-state index in [0.717, 1.165) is 36.4 Å². The summed E-state index contributed by atoms with van der Waals surface area (Å²) in [5, 5.41) is 1.82. The normalized spacial score (nSPS) is 16.1. The zero-order valence-electron chi connectivity index (χ0n) is 11.1. The van der Waals surface area contributed by atoms with E-state index in [1.54, 1.807) is 0 Å². The Morgan fingerprint density at radius 3 is 2.53 bits per heavy atom. The average molecular weight is 274 g/mol. The first-order chi connectivity index (χ1) is 7.93. The van der Waals surface area contributed by atoms with Crippen LogP contribution in [0.2, 0.25) is 0 Å². The fourth-order valence-corrected chi connectivity index (χ4v) is 2.21. The van der Waals surface area contributed by atoms with Crippen molar-refractivity contribution in [1.29, 1.82) is 0 Å². The van der Waals surface area contributed by atoms with E-state index in [2.05, 4.69) is 21.7 Å². The highest BCUT2D eigenvalue weighted by molar-refractivity contribution is 7.80. The van der Waals surface area contributed by atoms with E-state index < -0.39 is 0 Å². The first-order valence-corrected chi connectivity index (χ1v) is 6.67. The third-order valence-electron chi connectivity index (χ3n) is 2.93. The van der Waals surface area contributed by atoms with Gasteiger partial charge in [-0.25, -0.2) is 0 Å². The number of thiocarbonyl (C=S) groups is 2. The molecule has 0 amide bonds. The molecular formula is C11H22N4S2. The van der Waals surface area contributed by atoms with Crippen molar-refractivity contribution in [2.24, 2.45) is 0 Å². The SMILES string of the molecule is CN(C)C(=S)N(C)CCN1CCCN(C)C1=S. The molecule has 0 saturated carbocycles. The molecule has 0 bridgehead atoms. The van der Waals surface area contributed by atoms with Gasteiger partial charge in [0.2, 0.25) is 0 Å². The molecule has 0 aromatic rings. The molecule has 17 heavy (non-hydrogen) atoms. The Labute approximate surface area is 115 Å². The van der Waals surface area contributed by atoms with Crippen LogP contribution in [0.5, 0.6) is 0 Å². The maximum absolute atomic E-state index is 5.41. The molecule has 4 nitrogen and oxygen atoms in total. The van der Waals surface area contributed by atoms with Gasteiger partial charge in [-0.2, -0.15) is 0 Å². The third kappa shape index (κ3) is 3.96. The van der Waals surface area contributed by atoms with Crippen molar-refractivity contribution in [2.75, 3.05) is 54.4 Å². The topological polar surface area (TPSA) is 13.0 Å². The maximum atomic E-state index is 5.41. The molecule has 1 rings (SSSR count). The summed E-state index contributed by atoms with van der Waals surface area (Å²) in [6.45, 7) is 3.98. The van der Waals surface area contributed by atoms with Crippen LogP contribution >= 0.6 is 24.4 Å². The van der Waals surface area contributed by atoms with Gasteiger partial charge >= 0.3 is 0 Å². The first-order valence-electron chi connectivity index (χ1n) is 5.86. The molecule has 1 aliphatic heterocycles. The highest BCUT2D eigenvalue weighted by Gasteiger charge is 2.19. The van der Waals surface area contributed by atoms with Crippen molar-refractivity contribution in [3.05, 3.63) is 0 Å². The molecule has 0 atom stereocenters. The Kier molecular flexibility index (Phi) is 5.39. The second-order valence-electron chi connectivity index (χ2n) is 4.64. The van der Waals surface area contributed by atoms with Crippen molar-refractivity contribution in [3.8, 4) is 0 Å². The van der Waals surface area contributed by atoms with E-state index in [-0.39, 0.29) is 0 Å². The zero-order chi connectivity index (χ0) is 13.0. The van der Waals surface area contributed by atoms with Crippen LogP contribution in [-0.4, -0.2) is 84.2 Å². The lowest BCUT2D eigenvalue weighted by molar-refractivity contribution is 0.275. The molecule has 1 aliphatic rings. The average Bonchev–Trinajstić information content (AvgIpc) is 2.29. The number of likely N-dealkylation sites (N-methyl/N-ethyl adjacent to an activating group) is 1. The van der Waals surface area contributed by atoms with Crippen molar-refractivity contribution in [3.63, 3.8) is 0 Å². The number of nitrogens with zero attached hydrogens (tertiary/aromatic N) is 4. The van der Waals surface area contributed by atoms with Crippen LogP contribution in [-0.2, 0) is 0 Å². The van der Waals surface area contributed by atoms with Gasteiger partial charge in [-0.3, -0.25) is 0 Å². The number of rotatable bonds is 3. The van der Waals surface area contributed by atoms with E-state index in [1.165, 1.54) is 6.42 Å². The Morgan fingerprint density at radius 2 is 1.94 bits per heavy atom. The van der Waals surface area contributed by atoms with Crippen LogP contribution in [0.1, 0.15) is 6.42 Å². The molecule has 0 aliphatic carbocycles. The summed E-state index contributed by atoms with van der Waals surface area (Å²) in [6, 6.07) is 0. The minimum absolute atomic E-state index is 0.862. The van der Waals surface area contributed by atoms with Crippen LogP contribution in [0.25, 0.3) is 0 Å². The summed E-state index contributed by atoms with van der Waals surface area (Å²) in [7, 11) is 8.03. The lowest BCUT2D eigenvalue weighted by Gasteiger charge is -2.37. The molecular weight excluding hydrogens is 252 g/mol. The Hall–Kier alpha value is -0.620. The third-order valence-corrected chi connectivity index (χ3v) is 4.18. The van der Waals surface area contributed by atoms with Crippen LogP contribution in [0.3, 0.4) is 0 Å². The number of hydrogen-bond acceptors (Lipinski definition) is 2. The van der Waals surface area contributed by atoms with E-state index in [1.807, 2.05) is 26.0 Å². The molecule has 1 heterocycles. The van der Waals surface area contributed by atoms with Crippen LogP contribution < -0.4 is 0 Å². The molecule has 1 saturated heterocycles. The predicted molar refractivity (Wildman–Crippen MR) is 80.3 cm³/mol. The second-order valence-corrected chi connectivity index (χ2v) is 5.37. The monoisotopic (exact) mass is 274 g/mol. The smallest absolute Gasteiger partial charge is 0.171 e. The molecule has 0 unspecified atom stereocenters. The molecule has 0 radical (unpaired) electrons. The summed E-state index contributed by atoms with van der Waals surface area (Å²) in [6.07, 6.45) is 1.18. The fraction of sp³-hybridized carbons (Fsp3) is 0.818. The summed E-state index contributed by atoms with van der Waals surface area (Å²) in [5.74, 6) is 0.